The average molecular weight is 322 g/mol. The number of benzene rings is 2. The van der Waals surface area contributed by atoms with Crippen molar-refractivity contribution < 1.29 is 9.47 Å². The third-order valence-corrected chi connectivity index (χ3v) is 3.24. The quantitative estimate of drug-likeness (QED) is 0.751. The van der Waals surface area contributed by atoms with E-state index in [1.165, 1.54) is 16.7 Å². The molecule has 0 heterocycles. The monoisotopic (exact) mass is 321 g/mol. The van der Waals surface area contributed by atoms with Crippen molar-refractivity contribution in [2.75, 3.05) is 20.3 Å². The maximum Gasteiger partial charge on any atom is 0.120 e. The first kappa shape index (κ1) is 18.5. The van der Waals surface area contributed by atoms with Gasteiger partial charge < -0.3 is 14.8 Å². The lowest BCUT2D eigenvalue weighted by atomic mass is 10.2. The van der Waals surface area contributed by atoms with Gasteiger partial charge in [0.05, 0.1) is 6.61 Å². The minimum absolute atomic E-state index is 0. The van der Waals surface area contributed by atoms with Gasteiger partial charge in [-0.25, -0.2) is 0 Å². The van der Waals surface area contributed by atoms with Crippen molar-refractivity contribution in [2.45, 2.75) is 20.1 Å². The number of hydrogen-bond acceptors (Lipinski definition) is 3. The molecule has 120 valence electrons. The normalized spacial score (nSPS) is 10.1. The number of rotatable bonds is 8. The maximum atomic E-state index is 5.85. The van der Waals surface area contributed by atoms with Crippen LogP contribution < -0.4 is 10.1 Å². The van der Waals surface area contributed by atoms with Gasteiger partial charge in [0, 0.05) is 20.2 Å². The minimum atomic E-state index is 0. The van der Waals surface area contributed by atoms with E-state index in [9.17, 15) is 0 Å². The fourth-order valence-electron chi connectivity index (χ4n) is 2.00. The minimum Gasteiger partial charge on any atom is -0.489 e. The molecular formula is C18H24ClNO2. The Morgan fingerprint density at radius 3 is 2.50 bits per heavy atom. The van der Waals surface area contributed by atoms with Crippen LogP contribution in [0.1, 0.15) is 16.7 Å². The number of halogens is 1. The van der Waals surface area contributed by atoms with E-state index in [1.807, 2.05) is 12.1 Å². The molecule has 22 heavy (non-hydrogen) atoms. The molecule has 0 fully saturated rings. The van der Waals surface area contributed by atoms with Crippen LogP contribution in [0.2, 0.25) is 0 Å². The van der Waals surface area contributed by atoms with Crippen molar-refractivity contribution in [2.24, 2.45) is 0 Å². The highest BCUT2D eigenvalue weighted by atomic mass is 35.5. The number of hydrogen-bond donors (Lipinski definition) is 1. The molecule has 0 atom stereocenters. The molecule has 1 N–H and O–H groups in total. The molecule has 0 aliphatic rings. The van der Waals surface area contributed by atoms with Gasteiger partial charge in [-0.2, -0.15) is 0 Å². The summed E-state index contributed by atoms with van der Waals surface area (Å²) in [6, 6.07) is 16.6. The lowest BCUT2D eigenvalue weighted by Gasteiger charge is -2.09. The summed E-state index contributed by atoms with van der Waals surface area (Å²) in [6.07, 6.45) is 0. The Kier molecular flexibility index (Phi) is 8.60. The highest BCUT2D eigenvalue weighted by Crippen LogP contribution is 2.15. The van der Waals surface area contributed by atoms with Gasteiger partial charge in [-0.15, -0.1) is 12.4 Å². The molecule has 2 aromatic rings. The van der Waals surface area contributed by atoms with Crippen LogP contribution in [0.3, 0.4) is 0 Å². The molecule has 0 bridgehead atoms. The second-order valence-corrected chi connectivity index (χ2v) is 5.09. The number of aryl methyl sites for hydroxylation is 1. The highest BCUT2D eigenvalue weighted by Gasteiger charge is 1.99. The molecular weight excluding hydrogens is 298 g/mol. The third-order valence-electron chi connectivity index (χ3n) is 3.24. The van der Waals surface area contributed by atoms with E-state index in [0.717, 1.165) is 25.4 Å². The van der Waals surface area contributed by atoms with Crippen LogP contribution in [0.5, 0.6) is 5.75 Å². The van der Waals surface area contributed by atoms with Crippen LogP contribution in [0.25, 0.3) is 0 Å². The van der Waals surface area contributed by atoms with Crippen LogP contribution in [0, 0.1) is 6.92 Å². The van der Waals surface area contributed by atoms with E-state index in [2.05, 4.69) is 48.6 Å². The van der Waals surface area contributed by atoms with E-state index in [1.54, 1.807) is 7.11 Å². The molecule has 0 amide bonds. The summed E-state index contributed by atoms with van der Waals surface area (Å²) in [5, 5.41) is 3.33. The molecule has 0 saturated heterocycles. The van der Waals surface area contributed by atoms with Gasteiger partial charge >= 0.3 is 0 Å². The molecule has 2 rings (SSSR count). The van der Waals surface area contributed by atoms with Gasteiger partial charge in [-0.05, 0) is 30.2 Å². The topological polar surface area (TPSA) is 30.5 Å². The Morgan fingerprint density at radius 1 is 1.00 bits per heavy atom. The zero-order valence-electron chi connectivity index (χ0n) is 13.2. The van der Waals surface area contributed by atoms with Crippen molar-refractivity contribution >= 4 is 12.4 Å². The van der Waals surface area contributed by atoms with Crippen LogP contribution in [0.15, 0.2) is 48.5 Å². The molecule has 3 nitrogen and oxygen atoms in total. The molecule has 0 saturated carbocycles. The van der Waals surface area contributed by atoms with Gasteiger partial charge in [-0.3, -0.25) is 0 Å². The largest absolute Gasteiger partial charge is 0.489 e. The Balaban J connectivity index is 0.00000242. The Hall–Kier alpha value is -1.55. The molecule has 0 aliphatic carbocycles. The average Bonchev–Trinajstić information content (AvgIpc) is 2.52. The summed E-state index contributed by atoms with van der Waals surface area (Å²) < 4.78 is 10.9. The lowest BCUT2D eigenvalue weighted by molar-refractivity contribution is 0.199. The zero-order chi connectivity index (χ0) is 14.9. The number of methoxy groups -OCH3 is 1. The van der Waals surface area contributed by atoms with Gasteiger partial charge in [0.25, 0.3) is 0 Å². The fourth-order valence-corrected chi connectivity index (χ4v) is 2.00. The second-order valence-electron chi connectivity index (χ2n) is 5.09. The third kappa shape index (κ3) is 6.48. The van der Waals surface area contributed by atoms with E-state index in [0.29, 0.717) is 6.61 Å². The number of ether oxygens (including phenoxy) is 2. The molecule has 0 aliphatic heterocycles. The maximum absolute atomic E-state index is 5.85. The van der Waals surface area contributed by atoms with Crippen LogP contribution >= 0.6 is 12.4 Å². The van der Waals surface area contributed by atoms with Crippen molar-refractivity contribution in [1.29, 1.82) is 0 Å². The van der Waals surface area contributed by atoms with Gasteiger partial charge in [0.2, 0.25) is 0 Å². The summed E-state index contributed by atoms with van der Waals surface area (Å²) in [7, 11) is 1.71. The van der Waals surface area contributed by atoms with Crippen LogP contribution in [0.4, 0.5) is 0 Å². The number of nitrogens with one attached hydrogen (secondary N) is 1. The Morgan fingerprint density at radius 2 is 1.77 bits per heavy atom. The van der Waals surface area contributed by atoms with E-state index in [4.69, 9.17) is 9.47 Å². The Labute approximate surface area is 139 Å². The van der Waals surface area contributed by atoms with Gasteiger partial charge in [-0.1, -0.05) is 42.0 Å². The van der Waals surface area contributed by atoms with Crippen LogP contribution in [-0.4, -0.2) is 20.3 Å². The van der Waals surface area contributed by atoms with E-state index in [-0.39, 0.29) is 12.4 Å². The van der Waals surface area contributed by atoms with E-state index < -0.39 is 0 Å². The van der Waals surface area contributed by atoms with Crippen molar-refractivity contribution in [3.8, 4) is 5.75 Å². The summed E-state index contributed by atoms with van der Waals surface area (Å²) in [6.45, 7) is 5.09. The van der Waals surface area contributed by atoms with Gasteiger partial charge in [0.15, 0.2) is 0 Å². The predicted molar refractivity (Wildman–Crippen MR) is 92.8 cm³/mol. The highest BCUT2D eigenvalue weighted by molar-refractivity contribution is 5.85. The molecule has 4 heteroatoms. The second kappa shape index (κ2) is 10.2. The lowest BCUT2D eigenvalue weighted by Crippen LogP contribution is -2.18. The summed E-state index contributed by atoms with van der Waals surface area (Å²) in [4.78, 5) is 0. The fraction of sp³-hybridized carbons (Fsp3) is 0.333. The SMILES string of the molecule is COCCNCc1cccc(OCc2ccc(C)cc2)c1.Cl. The van der Waals surface area contributed by atoms with E-state index >= 15 is 0 Å². The molecule has 0 spiro atoms. The first-order valence-electron chi connectivity index (χ1n) is 7.25. The molecule has 0 unspecified atom stereocenters. The zero-order valence-corrected chi connectivity index (χ0v) is 14.0. The molecule has 0 radical (unpaired) electrons. The summed E-state index contributed by atoms with van der Waals surface area (Å²) >= 11 is 0. The van der Waals surface area contributed by atoms with Crippen molar-refractivity contribution in [1.82, 2.24) is 5.32 Å². The molecule has 0 aromatic heterocycles. The summed E-state index contributed by atoms with van der Waals surface area (Å²) in [5.74, 6) is 0.904. The van der Waals surface area contributed by atoms with Crippen molar-refractivity contribution in [3.05, 3.63) is 65.2 Å². The van der Waals surface area contributed by atoms with Crippen LogP contribution in [-0.2, 0) is 17.9 Å². The first-order chi connectivity index (χ1) is 10.3. The summed E-state index contributed by atoms with van der Waals surface area (Å²) in [5.41, 5.74) is 3.67. The first-order valence-corrected chi connectivity index (χ1v) is 7.25. The van der Waals surface area contributed by atoms with Crippen molar-refractivity contribution in [3.63, 3.8) is 0 Å². The Bertz CT molecular complexity index is 543. The standard InChI is InChI=1S/C18H23NO2.ClH/c1-15-6-8-16(9-7-15)14-21-18-5-3-4-17(12-18)13-19-10-11-20-2;/h3-9,12,19H,10-11,13-14H2,1-2H3;1H. The molecule has 2 aromatic carbocycles. The van der Waals surface area contributed by atoms with Gasteiger partial charge in [0.1, 0.15) is 12.4 Å². The smallest absolute Gasteiger partial charge is 0.120 e. The predicted octanol–water partition coefficient (Wildman–Crippen LogP) is 3.73.